The van der Waals surface area contributed by atoms with Crippen molar-refractivity contribution in [3.05, 3.63) is 54.7 Å². The van der Waals surface area contributed by atoms with Crippen LogP contribution in [-0.2, 0) is 33.9 Å². The summed E-state index contributed by atoms with van der Waals surface area (Å²) in [5.41, 5.74) is 2.79. The van der Waals surface area contributed by atoms with Crippen LogP contribution in [0.4, 0.5) is 11.6 Å². The predicted molar refractivity (Wildman–Crippen MR) is 118 cm³/mol. The fraction of sp³-hybridized carbons (Fsp3) is 0.348. The average molecular weight is 594 g/mol. The minimum absolute atomic E-state index is 0. The number of rotatable bonds is 3. The number of anilines is 2. The van der Waals surface area contributed by atoms with Crippen molar-refractivity contribution in [1.82, 2.24) is 24.5 Å². The van der Waals surface area contributed by atoms with Gasteiger partial charge in [-0.25, -0.2) is 5.10 Å². The molecule has 1 radical (unpaired) electrons. The SMILES string of the molecule is Cn1nc(-c2ccccc2)cc1Nc1c[c-]c2cnn(C)c2n1.OC1CCCCC1.[Os+]. The summed E-state index contributed by atoms with van der Waals surface area (Å²) >= 11 is 0. The van der Waals surface area contributed by atoms with Crippen LogP contribution in [0.2, 0.25) is 0 Å². The molecule has 2 N–H and O–H groups in total. The summed E-state index contributed by atoms with van der Waals surface area (Å²) in [4.78, 5) is 4.57. The van der Waals surface area contributed by atoms with E-state index in [1.807, 2.05) is 56.6 Å². The maximum absolute atomic E-state index is 8.91. The molecule has 0 bridgehead atoms. The zero-order chi connectivity index (χ0) is 20.9. The van der Waals surface area contributed by atoms with Gasteiger partial charge in [-0.1, -0.05) is 55.0 Å². The Morgan fingerprint density at radius 3 is 2.48 bits per heavy atom. The van der Waals surface area contributed by atoms with Crippen LogP contribution in [0.15, 0.2) is 48.7 Å². The van der Waals surface area contributed by atoms with E-state index in [1.165, 1.54) is 19.3 Å². The number of hydrogen-bond donors (Lipinski definition) is 2. The zero-order valence-electron chi connectivity index (χ0n) is 17.8. The first-order valence-electron chi connectivity index (χ1n) is 10.3. The molecule has 0 atom stereocenters. The van der Waals surface area contributed by atoms with Crippen molar-refractivity contribution in [2.24, 2.45) is 14.1 Å². The molecule has 1 aliphatic rings. The summed E-state index contributed by atoms with van der Waals surface area (Å²) in [5, 5.41) is 21.8. The Hall–Kier alpha value is -2.55. The van der Waals surface area contributed by atoms with E-state index in [-0.39, 0.29) is 25.9 Å². The van der Waals surface area contributed by atoms with Crippen molar-refractivity contribution in [3.8, 4) is 11.3 Å². The van der Waals surface area contributed by atoms with Gasteiger partial charge >= 0.3 is 19.8 Å². The van der Waals surface area contributed by atoms with Gasteiger partial charge in [-0.15, -0.1) is 12.1 Å². The van der Waals surface area contributed by atoms with Gasteiger partial charge in [0, 0.05) is 31.5 Å². The van der Waals surface area contributed by atoms with Crippen LogP contribution < -0.4 is 5.32 Å². The third-order valence-electron chi connectivity index (χ3n) is 5.28. The van der Waals surface area contributed by atoms with Crippen LogP contribution in [0, 0.1) is 6.07 Å². The molecule has 1 fully saturated rings. The summed E-state index contributed by atoms with van der Waals surface area (Å²) in [6.07, 6.45) is 7.68. The second-order valence-corrected chi connectivity index (χ2v) is 7.61. The molecule has 0 amide bonds. The molecule has 1 saturated carbocycles. The number of benzene rings is 1. The first-order chi connectivity index (χ1) is 14.6. The molecule has 0 saturated heterocycles. The van der Waals surface area contributed by atoms with Gasteiger partial charge in [0.15, 0.2) is 0 Å². The molecular formula is C23H27N6OOs. The molecule has 1 aromatic carbocycles. The molecule has 0 unspecified atom stereocenters. The van der Waals surface area contributed by atoms with Gasteiger partial charge in [-0.05, 0) is 19.0 Å². The van der Waals surface area contributed by atoms with Crippen LogP contribution in [-0.4, -0.2) is 35.8 Å². The number of aliphatic hydroxyl groups is 1. The summed E-state index contributed by atoms with van der Waals surface area (Å²) in [7, 11) is 3.77. The molecule has 5 rings (SSSR count). The summed E-state index contributed by atoms with van der Waals surface area (Å²) in [6.45, 7) is 0. The number of fused-ring (bicyclic) bond motifs is 1. The third kappa shape index (κ3) is 5.78. The normalized spacial score (nSPS) is 13.9. The molecule has 0 aliphatic heterocycles. The minimum atomic E-state index is 0. The van der Waals surface area contributed by atoms with E-state index in [9.17, 15) is 0 Å². The van der Waals surface area contributed by atoms with Crippen molar-refractivity contribution in [3.63, 3.8) is 0 Å². The summed E-state index contributed by atoms with van der Waals surface area (Å²) < 4.78 is 3.53. The van der Waals surface area contributed by atoms with Gasteiger partial charge in [0.1, 0.15) is 5.82 Å². The van der Waals surface area contributed by atoms with Gasteiger partial charge in [0.2, 0.25) is 0 Å². The number of aromatic nitrogens is 5. The van der Waals surface area contributed by atoms with Crippen LogP contribution >= 0.6 is 0 Å². The molecule has 163 valence electrons. The van der Waals surface area contributed by atoms with Gasteiger partial charge in [0.25, 0.3) is 0 Å². The van der Waals surface area contributed by atoms with Crippen LogP contribution in [0.5, 0.6) is 0 Å². The fourth-order valence-corrected chi connectivity index (χ4v) is 3.57. The van der Waals surface area contributed by atoms with Gasteiger partial charge in [-0.3, -0.25) is 4.68 Å². The largest absolute Gasteiger partial charge is 1.00 e. The third-order valence-corrected chi connectivity index (χ3v) is 5.28. The van der Waals surface area contributed by atoms with Gasteiger partial charge in [0.05, 0.1) is 17.4 Å². The molecule has 1 aliphatic carbocycles. The number of aryl methyl sites for hydroxylation is 2. The van der Waals surface area contributed by atoms with Crippen molar-refractivity contribution < 1.29 is 24.9 Å². The molecule has 8 heteroatoms. The Balaban J connectivity index is 0.000000292. The minimum Gasteiger partial charge on any atom is -0.393 e. The number of aliphatic hydroxyl groups excluding tert-OH is 1. The molecule has 3 heterocycles. The molecule has 31 heavy (non-hydrogen) atoms. The van der Waals surface area contributed by atoms with E-state index >= 15 is 0 Å². The van der Waals surface area contributed by atoms with Crippen molar-refractivity contribution >= 4 is 22.7 Å². The second kappa shape index (κ2) is 10.7. The number of pyridine rings is 1. The topological polar surface area (TPSA) is 80.8 Å². The summed E-state index contributed by atoms with van der Waals surface area (Å²) in [5.74, 6) is 1.58. The standard InChI is InChI=1S/C17H15N6.C6H12O.Os/c1-22-16(10-14(21-22)12-6-4-3-5-7-12)19-15-9-8-13-11-18-23(2)17(13)20-15;7-6-4-2-1-3-5-6;/h3-7,9-11H,1-2H3,(H,19,20);6-7H,1-5H2;/q-1;;+1. The maximum Gasteiger partial charge on any atom is 1.00 e. The molecule has 7 nitrogen and oxygen atoms in total. The Bertz CT molecular complexity index is 1100. The van der Waals surface area contributed by atoms with E-state index in [0.29, 0.717) is 5.82 Å². The number of nitrogens with one attached hydrogen (secondary N) is 1. The quantitative estimate of drug-likeness (QED) is 0.348. The first-order valence-corrected chi connectivity index (χ1v) is 10.3. The van der Waals surface area contributed by atoms with Crippen molar-refractivity contribution in [1.29, 1.82) is 0 Å². The smallest absolute Gasteiger partial charge is 0.393 e. The van der Waals surface area contributed by atoms with Gasteiger partial charge < -0.3 is 20.1 Å². The zero-order valence-corrected chi connectivity index (χ0v) is 20.3. The van der Waals surface area contributed by atoms with Crippen LogP contribution in [0.1, 0.15) is 32.1 Å². The van der Waals surface area contributed by atoms with E-state index in [1.54, 1.807) is 15.6 Å². The average Bonchev–Trinajstić information content (AvgIpc) is 3.32. The Labute approximate surface area is 195 Å². The summed E-state index contributed by atoms with van der Waals surface area (Å²) in [6, 6.07) is 17.1. The van der Waals surface area contributed by atoms with Crippen molar-refractivity contribution in [2.45, 2.75) is 38.2 Å². The van der Waals surface area contributed by atoms with E-state index < -0.39 is 0 Å². The van der Waals surface area contributed by atoms with Crippen LogP contribution in [0.3, 0.4) is 0 Å². The maximum atomic E-state index is 8.91. The molecular weight excluding hydrogens is 567 g/mol. The van der Waals surface area contributed by atoms with E-state index in [2.05, 4.69) is 26.6 Å². The monoisotopic (exact) mass is 595 g/mol. The molecule has 0 spiro atoms. The number of hydrogen-bond acceptors (Lipinski definition) is 5. The Morgan fingerprint density at radius 2 is 1.81 bits per heavy atom. The molecule has 3 aromatic heterocycles. The molecule has 4 aromatic rings. The Kier molecular flexibility index (Phi) is 7.95. The van der Waals surface area contributed by atoms with Crippen LogP contribution in [0.25, 0.3) is 22.3 Å². The second-order valence-electron chi connectivity index (χ2n) is 7.61. The first kappa shape index (κ1) is 23.1. The number of nitrogens with zero attached hydrogens (tertiary/aromatic N) is 5. The van der Waals surface area contributed by atoms with E-state index in [0.717, 1.165) is 41.0 Å². The fourth-order valence-electron chi connectivity index (χ4n) is 3.57. The predicted octanol–water partition coefficient (Wildman–Crippen LogP) is 4.22. The van der Waals surface area contributed by atoms with E-state index in [4.69, 9.17) is 5.11 Å². The van der Waals surface area contributed by atoms with Crippen molar-refractivity contribution in [2.75, 3.05) is 5.32 Å². The van der Waals surface area contributed by atoms with Gasteiger partial charge in [-0.2, -0.15) is 5.10 Å². The Morgan fingerprint density at radius 1 is 1.06 bits per heavy atom.